The molecule has 0 radical (unpaired) electrons. The van der Waals surface area contributed by atoms with Crippen LogP contribution < -0.4 is 9.64 Å². The van der Waals surface area contributed by atoms with E-state index < -0.39 is 0 Å². The number of carbonyl (C=O) groups is 2. The van der Waals surface area contributed by atoms with Gasteiger partial charge in [0, 0.05) is 71.4 Å². The number of rotatable bonds is 6. The molecule has 0 unspecified atom stereocenters. The largest absolute Gasteiger partial charge is 0.490 e. The van der Waals surface area contributed by atoms with E-state index in [1.807, 2.05) is 49.3 Å². The number of anilines is 1. The lowest BCUT2D eigenvalue weighted by Gasteiger charge is -2.39. The SMILES string of the molecule is CN(C)c1ncc(C(=O)N2CC[C@H](Oc3ccccc3)[C@@H](CC(=O)N3CCOCC3)C2)cn1. The van der Waals surface area contributed by atoms with E-state index in [0.29, 0.717) is 63.7 Å². The summed E-state index contributed by atoms with van der Waals surface area (Å²) in [4.78, 5) is 40.1. The molecule has 9 heteroatoms. The van der Waals surface area contributed by atoms with Crippen molar-refractivity contribution in [2.75, 3.05) is 58.4 Å². The summed E-state index contributed by atoms with van der Waals surface area (Å²) in [5.41, 5.74) is 0.446. The summed E-state index contributed by atoms with van der Waals surface area (Å²) in [6, 6.07) is 9.64. The van der Waals surface area contributed by atoms with Crippen molar-refractivity contribution in [1.29, 1.82) is 0 Å². The van der Waals surface area contributed by atoms with Crippen LogP contribution in [0.5, 0.6) is 5.75 Å². The summed E-state index contributed by atoms with van der Waals surface area (Å²) in [7, 11) is 3.70. The first kappa shape index (κ1) is 23.0. The lowest BCUT2D eigenvalue weighted by atomic mass is 9.90. The van der Waals surface area contributed by atoms with Gasteiger partial charge in [0.05, 0.1) is 18.8 Å². The predicted octanol–water partition coefficient (Wildman–Crippen LogP) is 1.70. The first-order chi connectivity index (χ1) is 16.0. The fraction of sp³-hybridized carbons (Fsp3) is 0.500. The Kier molecular flexibility index (Phi) is 7.39. The molecule has 3 heterocycles. The zero-order valence-corrected chi connectivity index (χ0v) is 19.2. The van der Waals surface area contributed by atoms with Crippen molar-refractivity contribution < 1.29 is 19.1 Å². The number of piperidine rings is 1. The average molecular weight is 454 g/mol. The molecule has 0 saturated carbocycles. The summed E-state index contributed by atoms with van der Waals surface area (Å²) >= 11 is 0. The first-order valence-electron chi connectivity index (χ1n) is 11.4. The van der Waals surface area contributed by atoms with Crippen molar-refractivity contribution in [3.63, 3.8) is 0 Å². The van der Waals surface area contributed by atoms with E-state index in [4.69, 9.17) is 9.47 Å². The summed E-state index contributed by atoms with van der Waals surface area (Å²) in [5.74, 6) is 1.18. The van der Waals surface area contributed by atoms with Crippen molar-refractivity contribution in [2.45, 2.75) is 18.9 Å². The van der Waals surface area contributed by atoms with E-state index >= 15 is 0 Å². The number of hydrogen-bond acceptors (Lipinski definition) is 7. The Bertz CT molecular complexity index is 932. The molecular weight excluding hydrogens is 422 g/mol. The van der Waals surface area contributed by atoms with Gasteiger partial charge in [-0.15, -0.1) is 0 Å². The van der Waals surface area contributed by atoms with Crippen molar-refractivity contribution in [3.05, 3.63) is 48.3 Å². The molecule has 4 rings (SSSR count). The van der Waals surface area contributed by atoms with Crippen LogP contribution in [0.1, 0.15) is 23.2 Å². The van der Waals surface area contributed by atoms with Gasteiger partial charge in [0.1, 0.15) is 11.9 Å². The van der Waals surface area contributed by atoms with E-state index in [9.17, 15) is 9.59 Å². The van der Waals surface area contributed by atoms with Crippen LogP contribution in [0.25, 0.3) is 0 Å². The Morgan fingerprint density at radius 1 is 1.06 bits per heavy atom. The highest BCUT2D eigenvalue weighted by Gasteiger charge is 2.36. The fourth-order valence-electron chi connectivity index (χ4n) is 4.23. The number of ether oxygens (including phenoxy) is 2. The number of carbonyl (C=O) groups excluding carboxylic acids is 2. The minimum Gasteiger partial charge on any atom is -0.490 e. The number of amides is 2. The minimum absolute atomic E-state index is 0.0814. The van der Waals surface area contributed by atoms with Crippen LogP contribution in [0.4, 0.5) is 5.95 Å². The van der Waals surface area contributed by atoms with Crippen molar-refractivity contribution >= 4 is 17.8 Å². The van der Waals surface area contributed by atoms with Crippen LogP contribution in [0, 0.1) is 5.92 Å². The molecule has 2 aromatic rings. The lowest BCUT2D eigenvalue weighted by Crippen LogP contribution is -2.50. The number of likely N-dealkylation sites (tertiary alicyclic amines) is 1. The zero-order valence-electron chi connectivity index (χ0n) is 19.2. The smallest absolute Gasteiger partial charge is 0.257 e. The van der Waals surface area contributed by atoms with Crippen molar-refractivity contribution in [2.24, 2.45) is 5.92 Å². The topological polar surface area (TPSA) is 88.1 Å². The van der Waals surface area contributed by atoms with E-state index in [2.05, 4.69) is 9.97 Å². The molecule has 2 aliphatic rings. The maximum absolute atomic E-state index is 13.2. The molecule has 1 aromatic carbocycles. The maximum atomic E-state index is 13.2. The number of aromatic nitrogens is 2. The lowest BCUT2D eigenvalue weighted by molar-refractivity contribution is -0.137. The standard InChI is InChI=1S/C24H31N5O4/c1-27(2)24-25-15-19(16-26-24)23(31)29-9-8-21(33-20-6-4-3-5-7-20)18(17-29)14-22(30)28-10-12-32-13-11-28/h3-7,15-16,18,21H,8-14,17H2,1-2H3/t18-,21-/m0/s1. The van der Waals surface area contributed by atoms with E-state index in [-0.39, 0.29) is 23.8 Å². The number of benzene rings is 1. The monoisotopic (exact) mass is 453 g/mol. The normalized spacial score (nSPS) is 20.9. The second kappa shape index (κ2) is 10.6. The van der Waals surface area contributed by atoms with E-state index in [1.165, 1.54) is 0 Å². The van der Waals surface area contributed by atoms with Crippen LogP contribution in [0.2, 0.25) is 0 Å². The molecule has 9 nitrogen and oxygen atoms in total. The van der Waals surface area contributed by atoms with E-state index in [1.54, 1.807) is 22.2 Å². The minimum atomic E-state index is -0.145. The molecule has 1 aromatic heterocycles. The van der Waals surface area contributed by atoms with Gasteiger partial charge in [-0.05, 0) is 12.1 Å². The van der Waals surface area contributed by atoms with Gasteiger partial charge >= 0.3 is 0 Å². The molecule has 0 aliphatic carbocycles. The summed E-state index contributed by atoms with van der Waals surface area (Å²) in [6.07, 6.45) is 3.96. The maximum Gasteiger partial charge on any atom is 0.257 e. The molecule has 2 aliphatic heterocycles. The molecule has 2 amide bonds. The fourth-order valence-corrected chi connectivity index (χ4v) is 4.23. The summed E-state index contributed by atoms with van der Waals surface area (Å²) in [6.45, 7) is 3.33. The molecule has 0 N–H and O–H groups in total. The van der Waals surface area contributed by atoms with Gasteiger partial charge in [-0.2, -0.15) is 0 Å². The van der Waals surface area contributed by atoms with Crippen LogP contribution in [-0.2, 0) is 9.53 Å². The highest BCUT2D eigenvalue weighted by atomic mass is 16.5. The molecule has 33 heavy (non-hydrogen) atoms. The predicted molar refractivity (Wildman–Crippen MR) is 123 cm³/mol. The quantitative estimate of drug-likeness (QED) is 0.658. The summed E-state index contributed by atoms with van der Waals surface area (Å²) in [5, 5.41) is 0. The number of morpholine rings is 1. The molecule has 0 spiro atoms. The number of para-hydroxylation sites is 1. The Labute approximate surface area is 194 Å². The Morgan fingerprint density at radius 2 is 1.76 bits per heavy atom. The molecule has 2 fully saturated rings. The van der Waals surface area contributed by atoms with Gasteiger partial charge in [-0.1, -0.05) is 18.2 Å². The van der Waals surface area contributed by atoms with Gasteiger partial charge in [0.2, 0.25) is 11.9 Å². The Morgan fingerprint density at radius 3 is 2.42 bits per heavy atom. The van der Waals surface area contributed by atoms with Gasteiger partial charge in [-0.25, -0.2) is 9.97 Å². The molecule has 0 bridgehead atoms. The second-order valence-electron chi connectivity index (χ2n) is 8.63. The van der Waals surface area contributed by atoms with E-state index in [0.717, 1.165) is 5.75 Å². The summed E-state index contributed by atoms with van der Waals surface area (Å²) < 4.78 is 11.6. The van der Waals surface area contributed by atoms with Crippen LogP contribution in [-0.4, -0.2) is 91.2 Å². The molecular formula is C24H31N5O4. The number of hydrogen-bond donors (Lipinski definition) is 0. The zero-order chi connectivity index (χ0) is 23.2. The highest BCUT2D eigenvalue weighted by molar-refractivity contribution is 5.93. The third-order valence-electron chi connectivity index (χ3n) is 6.07. The second-order valence-corrected chi connectivity index (χ2v) is 8.63. The third-order valence-corrected chi connectivity index (χ3v) is 6.07. The number of nitrogens with zero attached hydrogens (tertiary/aromatic N) is 5. The van der Waals surface area contributed by atoms with Crippen LogP contribution in [0.15, 0.2) is 42.7 Å². The Balaban J connectivity index is 1.47. The highest BCUT2D eigenvalue weighted by Crippen LogP contribution is 2.27. The van der Waals surface area contributed by atoms with Crippen LogP contribution >= 0.6 is 0 Å². The molecule has 2 saturated heterocycles. The van der Waals surface area contributed by atoms with Gasteiger partial charge in [-0.3, -0.25) is 9.59 Å². The molecule has 2 atom stereocenters. The molecule has 176 valence electrons. The first-order valence-corrected chi connectivity index (χ1v) is 11.4. The van der Waals surface area contributed by atoms with Crippen molar-refractivity contribution in [1.82, 2.24) is 19.8 Å². The van der Waals surface area contributed by atoms with Crippen molar-refractivity contribution in [3.8, 4) is 5.75 Å². The van der Waals surface area contributed by atoms with Gasteiger partial charge in [0.15, 0.2) is 0 Å². The van der Waals surface area contributed by atoms with Gasteiger partial charge in [0.25, 0.3) is 5.91 Å². The van der Waals surface area contributed by atoms with Gasteiger partial charge < -0.3 is 24.2 Å². The van der Waals surface area contributed by atoms with Crippen LogP contribution in [0.3, 0.4) is 0 Å². The Hall–Kier alpha value is -3.20. The average Bonchev–Trinajstić information content (AvgIpc) is 2.86. The third kappa shape index (κ3) is 5.78.